The topological polar surface area (TPSA) is 69.4 Å². The Morgan fingerprint density at radius 3 is 2.65 bits per heavy atom. The molecule has 2 aromatic carbocycles. The molecule has 2 aromatic rings. The molecule has 2 rings (SSSR count). The number of guanidine groups is 1. The summed E-state index contributed by atoms with van der Waals surface area (Å²) in [6.07, 6.45) is 0.799. The van der Waals surface area contributed by atoms with E-state index < -0.39 is 0 Å². The highest BCUT2D eigenvalue weighted by atomic mass is 127. The summed E-state index contributed by atoms with van der Waals surface area (Å²) in [5.74, 6) is 1.07. The summed E-state index contributed by atoms with van der Waals surface area (Å²) in [5, 5.41) is 15.1. The predicted octanol–water partition coefficient (Wildman–Crippen LogP) is 3.45. The van der Waals surface area contributed by atoms with Gasteiger partial charge in [-0.2, -0.15) is 5.26 Å². The van der Waals surface area contributed by atoms with Crippen LogP contribution in [0.5, 0.6) is 5.75 Å². The van der Waals surface area contributed by atoms with Gasteiger partial charge in [-0.25, -0.2) is 4.39 Å². The van der Waals surface area contributed by atoms with E-state index in [1.54, 1.807) is 7.05 Å². The highest BCUT2D eigenvalue weighted by Crippen LogP contribution is 2.10. The largest absolute Gasteiger partial charge is 0.494 e. The van der Waals surface area contributed by atoms with Crippen molar-refractivity contribution in [3.63, 3.8) is 0 Å². The second-order valence-corrected chi connectivity index (χ2v) is 5.29. The number of hydrogen-bond acceptors (Lipinski definition) is 3. The summed E-state index contributed by atoms with van der Waals surface area (Å²) < 4.78 is 19.4. The summed E-state index contributed by atoms with van der Waals surface area (Å²) in [4.78, 5) is 4.10. The van der Waals surface area contributed by atoms with E-state index in [-0.39, 0.29) is 36.3 Å². The third-order valence-electron chi connectivity index (χ3n) is 3.47. The number of nitrogens with zero attached hydrogens (tertiary/aromatic N) is 2. The van der Waals surface area contributed by atoms with E-state index in [1.165, 1.54) is 18.2 Å². The molecule has 26 heavy (non-hydrogen) atoms. The van der Waals surface area contributed by atoms with Gasteiger partial charge in [0.05, 0.1) is 18.2 Å². The highest BCUT2D eigenvalue weighted by molar-refractivity contribution is 14.0. The van der Waals surface area contributed by atoms with Crippen molar-refractivity contribution in [1.29, 1.82) is 5.26 Å². The van der Waals surface area contributed by atoms with Gasteiger partial charge in [-0.3, -0.25) is 4.99 Å². The molecule has 0 heterocycles. The van der Waals surface area contributed by atoms with Crippen LogP contribution in [-0.4, -0.2) is 26.2 Å². The van der Waals surface area contributed by atoms with Gasteiger partial charge in [-0.1, -0.05) is 18.2 Å². The van der Waals surface area contributed by atoms with E-state index in [0.717, 1.165) is 12.2 Å². The monoisotopic (exact) mass is 468 g/mol. The average Bonchev–Trinajstić information content (AvgIpc) is 2.66. The number of rotatable bonds is 7. The Morgan fingerprint density at radius 1 is 1.19 bits per heavy atom. The number of aliphatic imine (C=N–C) groups is 1. The van der Waals surface area contributed by atoms with Gasteiger partial charge < -0.3 is 15.4 Å². The quantitative estimate of drug-likeness (QED) is 0.283. The fraction of sp³-hybridized carbons (Fsp3) is 0.263. The number of benzene rings is 2. The van der Waals surface area contributed by atoms with Crippen LogP contribution < -0.4 is 15.4 Å². The standard InChI is InChI=1S/C19H21FN4O.HI/c1-22-19(23-10-5-11-25-17-6-3-2-4-7-17)24-14-16-12-15(13-21)8-9-18(16)20;/h2-4,6-9,12H,5,10-11,14H2,1H3,(H2,22,23,24);1H. The summed E-state index contributed by atoms with van der Waals surface area (Å²) in [7, 11) is 1.65. The summed E-state index contributed by atoms with van der Waals surface area (Å²) in [6.45, 7) is 1.52. The summed E-state index contributed by atoms with van der Waals surface area (Å²) >= 11 is 0. The molecule has 0 aliphatic carbocycles. The van der Waals surface area contributed by atoms with Crippen molar-refractivity contribution in [3.05, 3.63) is 65.5 Å². The highest BCUT2D eigenvalue weighted by Gasteiger charge is 2.05. The molecule has 0 radical (unpaired) electrons. The van der Waals surface area contributed by atoms with Crippen LogP contribution in [0.3, 0.4) is 0 Å². The molecule has 0 bridgehead atoms. The van der Waals surface area contributed by atoms with Gasteiger partial charge in [0, 0.05) is 25.7 Å². The van der Waals surface area contributed by atoms with Crippen LogP contribution in [0, 0.1) is 17.1 Å². The van der Waals surface area contributed by atoms with Gasteiger partial charge >= 0.3 is 0 Å². The van der Waals surface area contributed by atoms with Crippen LogP contribution >= 0.6 is 24.0 Å². The minimum absolute atomic E-state index is 0. The van der Waals surface area contributed by atoms with E-state index >= 15 is 0 Å². The van der Waals surface area contributed by atoms with Crippen LogP contribution in [-0.2, 0) is 6.54 Å². The molecule has 0 saturated carbocycles. The lowest BCUT2D eigenvalue weighted by molar-refractivity contribution is 0.311. The zero-order valence-electron chi connectivity index (χ0n) is 14.5. The number of halogens is 2. The van der Waals surface area contributed by atoms with Crippen molar-refractivity contribution in [2.24, 2.45) is 4.99 Å². The fourth-order valence-corrected chi connectivity index (χ4v) is 2.17. The molecule has 138 valence electrons. The lowest BCUT2D eigenvalue weighted by Crippen LogP contribution is -2.37. The molecular formula is C19H22FIN4O. The van der Waals surface area contributed by atoms with E-state index in [4.69, 9.17) is 10.00 Å². The van der Waals surface area contributed by atoms with Crippen molar-refractivity contribution >= 4 is 29.9 Å². The Bertz CT molecular complexity index is 747. The Labute approximate surface area is 170 Å². The first-order chi connectivity index (χ1) is 12.2. The normalized spacial score (nSPS) is 10.4. The number of nitriles is 1. The van der Waals surface area contributed by atoms with E-state index in [0.29, 0.717) is 30.2 Å². The third-order valence-corrected chi connectivity index (χ3v) is 3.47. The summed E-state index contributed by atoms with van der Waals surface area (Å²) in [6, 6.07) is 15.9. The minimum atomic E-state index is -0.349. The van der Waals surface area contributed by atoms with Crippen molar-refractivity contribution < 1.29 is 9.13 Å². The van der Waals surface area contributed by atoms with E-state index in [9.17, 15) is 4.39 Å². The van der Waals surface area contributed by atoms with Crippen molar-refractivity contribution in [3.8, 4) is 11.8 Å². The molecule has 7 heteroatoms. The van der Waals surface area contributed by atoms with Gasteiger partial charge in [-0.05, 0) is 36.8 Å². The van der Waals surface area contributed by atoms with E-state index in [2.05, 4.69) is 15.6 Å². The molecule has 2 N–H and O–H groups in total. The van der Waals surface area contributed by atoms with E-state index in [1.807, 2.05) is 36.4 Å². The Balaban J connectivity index is 0.00000338. The predicted molar refractivity (Wildman–Crippen MR) is 111 cm³/mol. The van der Waals surface area contributed by atoms with Gasteiger partial charge in [0.2, 0.25) is 0 Å². The fourth-order valence-electron chi connectivity index (χ4n) is 2.17. The number of para-hydroxylation sites is 1. The summed E-state index contributed by atoms with van der Waals surface area (Å²) in [5.41, 5.74) is 0.855. The number of nitrogens with one attached hydrogen (secondary N) is 2. The maximum Gasteiger partial charge on any atom is 0.191 e. The van der Waals surface area contributed by atoms with Gasteiger partial charge in [0.25, 0.3) is 0 Å². The van der Waals surface area contributed by atoms with Gasteiger partial charge in [0.1, 0.15) is 11.6 Å². The molecule has 0 amide bonds. The first-order valence-corrected chi connectivity index (χ1v) is 8.04. The van der Waals surface area contributed by atoms with Crippen molar-refractivity contribution in [1.82, 2.24) is 10.6 Å². The van der Waals surface area contributed by atoms with Crippen LogP contribution in [0.1, 0.15) is 17.5 Å². The van der Waals surface area contributed by atoms with Crippen molar-refractivity contribution in [2.45, 2.75) is 13.0 Å². The van der Waals surface area contributed by atoms with Crippen LogP contribution in [0.4, 0.5) is 4.39 Å². The molecule has 0 spiro atoms. The lowest BCUT2D eigenvalue weighted by Gasteiger charge is -2.13. The molecule has 0 aliphatic heterocycles. The van der Waals surface area contributed by atoms with Gasteiger partial charge in [-0.15, -0.1) is 24.0 Å². The molecule has 0 aromatic heterocycles. The van der Waals surface area contributed by atoms with Crippen molar-refractivity contribution in [2.75, 3.05) is 20.2 Å². The first-order valence-electron chi connectivity index (χ1n) is 8.04. The maximum absolute atomic E-state index is 13.7. The molecule has 0 saturated heterocycles. The smallest absolute Gasteiger partial charge is 0.191 e. The zero-order chi connectivity index (χ0) is 17.9. The lowest BCUT2D eigenvalue weighted by atomic mass is 10.1. The van der Waals surface area contributed by atoms with Crippen LogP contribution in [0.15, 0.2) is 53.5 Å². The SMILES string of the molecule is CN=C(NCCCOc1ccccc1)NCc1cc(C#N)ccc1F.I. The van der Waals surface area contributed by atoms with Crippen LogP contribution in [0.25, 0.3) is 0 Å². The number of hydrogen-bond donors (Lipinski definition) is 2. The Kier molecular flexibility index (Phi) is 10.1. The Hall–Kier alpha value is -2.34. The first kappa shape index (κ1) is 21.7. The Morgan fingerprint density at radius 2 is 1.96 bits per heavy atom. The second kappa shape index (κ2) is 12.1. The average molecular weight is 468 g/mol. The van der Waals surface area contributed by atoms with Gasteiger partial charge in [0.15, 0.2) is 5.96 Å². The minimum Gasteiger partial charge on any atom is -0.494 e. The molecule has 0 aliphatic rings. The molecule has 5 nitrogen and oxygen atoms in total. The maximum atomic E-state index is 13.7. The molecular weight excluding hydrogens is 446 g/mol. The molecule has 0 unspecified atom stereocenters. The van der Waals surface area contributed by atoms with Crippen LogP contribution in [0.2, 0.25) is 0 Å². The zero-order valence-corrected chi connectivity index (χ0v) is 16.9. The molecule has 0 atom stereocenters. The third kappa shape index (κ3) is 7.27. The second-order valence-electron chi connectivity index (χ2n) is 5.29. The number of ether oxygens (including phenoxy) is 1. The molecule has 0 fully saturated rings.